The van der Waals surface area contributed by atoms with Crippen molar-refractivity contribution < 1.29 is 14.3 Å². The van der Waals surface area contributed by atoms with E-state index in [1.54, 1.807) is 7.11 Å². The molecule has 178 valence electrons. The van der Waals surface area contributed by atoms with Crippen molar-refractivity contribution in [2.24, 2.45) is 5.92 Å². The summed E-state index contributed by atoms with van der Waals surface area (Å²) >= 11 is 2.87. The van der Waals surface area contributed by atoms with Gasteiger partial charge in [-0.05, 0) is 68.3 Å². The average molecular weight is 496 g/mol. The first-order valence-corrected chi connectivity index (χ1v) is 13.3. The van der Waals surface area contributed by atoms with Gasteiger partial charge in [0, 0.05) is 27.4 Å². The number of hydrogen-bond acceptors (Lipinski definition) is 6. The number of nitrogens with zero attached hydrogens (tertiary/aromatic N) is 1. The highest BCUT2D eigenvalue weighted by Crippen LogP contribution is 2.29. The number of anilines is 2. The molecule has 4 rings (SSSR count). The number of hydrogen-bond donors (Lipinski definition) is 2. The normalized spacial score (nSPS) is 14.9. The Labute approximate surface area is 208 Å². The maximum atomic E-state index is 12.7. The summed E-state index contributed by atoms with van der Waals surface area (Å²) in [7, 11) is 1.63. The highest BCUT2D eigenvalue weighted by molar-refractivity contribution is 8.00. The zero-order valence-electron chi connectivity index (χ0n) is 19.4. The number of carbonyl (C=O) groups excluding carboxylic acids is 2. The number of aromatic nitrogens is 1. The predicted molar refractivity (Wildman–Crippen MR) is 140 cm³/mol. The van der Waals surface area contributed by atoms with E-state index in [0.717, 1.165) is 53.3 Å². The Hall–Kier alpha value is -2.84. The summed E-state index contributed by atoms with van der Waals surface area (Å²) in [6.07, 6.45) is 5.46. The predicted octanol–water partition coefficient (Wildman–Crippen LogP) is 6.46. The Morgan fingerprint density at radius 3 is 2.41 bits per heavy atom. The van der Waals surface area contributed by atoms with E-state index in [9.17, 15) is 9.59 Å². The van der Waals surface area contributed by atoms with E-state index in [4.69, 9.17) is 4.74 Å². The van der Waals surface area contributed by atoms with Gasteiger partial charge in [-0.15, -0.1) is 23.1 Å². The van der Waals surface area contributed by atoms with Gasteiger partial charge in [0.15, 0.2) is 5.13 Å². The molecule has 1 heterocycles. The smallest absolute Gasteiger partial charge is 0.239 e. The molecule has 1 fully saturated rings. The molecule has 0 bridgehead atoms. The molecule has 0 radical (unpaired) electrons. The number of benzene rings is 2. The summed E-state index contributed by atoms with van der Waals surface area (Å²) in [6.45, 7) is 1.87. The third-order valence-corrected chi connectivity index (χ3v) is 7.77. The molecular weight excluding hydrogens is 466 g/mol. The first-order valence-electron chi connectivity index (χ1n) is 11.5. The minimum absolute atomic E-state index is 0.102. The largest absolute Gasteiger partial charge is 0.497 e. The van der Waals surface area contributed by atoms with Crippen molar-refractivity contribution in [2.75, 3.05) is 17.7 Å². The Morgan fingerprint density at radius 2 is 1.74 bits per heavy atom. The Morgan fingerprint density at radius 1 is 1.03 bits per heavy atom. The average Bonchev–Trinajstić information content (AvgIpc) is 3.34. The lowest BCUT2D eigenvalue weighted by Gasteiger charge is -2.20. The highest BCUT2D eigenvalue weighted by Gasteiger charge is 2.21. The lowest BCUT2D eigenvalue weighted by molar-refractivity contribution is -0.120. The lowest BCUT2D eigenvalue weighted by Crippen LogP contribution is -2.24. The molecule has 0 saturated heterocycles. The van der Waals surface area contributed by atoms with E-state index >= 15 is 0 Å². The van der Waals surface area contributed by atoms with Gasteiger partial charge in [0.1, 0.15) is 5.75 Å². The van der Waals surface area contributed by atoms with Gasteiger partial charge in [0.05, 0.1) is 18.1 Å². The SMILES string of the molecule is COc1ccc(-c2csc(NC(=O)C(C)Sc3ccc(NC(=O)C4CCCCC4)cc3)n2)cc1. The van der Waals surface area contributed by atoms with E-state index in [1.807, 2.05) is 60.8 Å². The second kappa shape index (κ2) is 11.5. The first-order chi connectivity index (χ1) is 16.5. The Bertz CT molecular complexity index is 1110. The van der Waals surface area contributed by atoms with Gasteiger partial charge in [-0.25, -0.2) is 4.98 Å². The second-order valence-corrected chi connectivity index (χ2v) is 10.6. The van der Waals surface area contributed by atoms with Crippen molar-refractivity contribution in [3.05, 3.63) is 53.9 Å². The monoisotopic (exact) mass is 495 g/mol. The number of amides is 2. The maximum absolute atomic E-state index is 12.7. The third kappa shape index (κ3) is 6.39. The van der Waals surface area contributed by atoms with Crippen LogP contribution in [0.1, 0.15) is 39.0 Å². The number of ether oxygens (including phenoxy) is 1. The fourth-order valence-electron chi connectivity index (χ4n) is 3.92. The minimum Gasteiger partial charge on any atom is -0.497 e. The van der Waals surface area contributed by atoms with Crippen molar-refractivity contribution in [3.8, 4) is 17.0 Å². The summed E-state index contributed by atoms with van der Waals surface area (Å²) in [5, 5.41) is 8.15. The van der Waals surface area contributed by atoms with Crippen LogP contribution in [0, 0.1) is 5.92 Å². The molecule has 2 N–H and O–H groups in total. The molecule has 0 spiro atoms. The fourth-order valence-corrected chi connectivity index (χ4v) is 5.51. The Balaban J connectivity index is 1.28. The topological polar surface area (TPSA) is 80.3 Å². The molecule has 1 aliphatic carbocycles. The molecule has 1 saturated carbocycles. The molecule has 1 unspecified atom stereocenters. The van der Waals surface area contributed by atoms with Crippen molar-refractivity contribution in [1.82, 2.24) is 4.98 Å². The summed E-state index contributed by atoms with van der Waals surface area (Å²) < 4.78 is 5.19. The number of thioether (sulfide) groups is 1. The van der Waals surface area contributed by atoms with Crippen molar-refractivity contribution in [1.29, 1.82) is 0 Å². The highest BCUT2D eigenvalue weighted by atomic mass is 32.2. The van der Waals surface area contributed by atoms with Crippen molar-refractivity contribution in [3.63, 3.8) is 0 Å². The Kier molecular flexibility index (Phi) is 8.24. The fraction of sp³-hybridized carbons (Fsp3) is 0.346. The molecule has 1 aliphatic rings. The molecule has 1 atom stereocenters. The van der Waals surface area contributed by atoms with Gasteiger partial charge in [-0.2, -0.15) is 0 Å². The van der Waals surface area contributed by atoms with Gasteiger partial charge in [0.25, 0.3) is 0 Å². The van der Waals surface area contributed by atoms with Gasteiger partial charge in [-0.1, -0.05) is 19.3 Å². The van der Waals surface area contributed by atoms with E-state index < -0.39 is 0 Å². The summed E-state index contributed by atoms with van der Waals surface area (Å²) in [5.41, 5.74) is 2.58. The standard InChI is InChI=1S/C26H29N3O3S2/c1-17(24(30)29-26-28-23(16-33-26)18-8-12-21(32-2)13-9-18)34-22-14-10-20(11-15-22)27-25(31)19-6-4-3-5-7-19/h8-17,19H,3-7H2,1-2H3,(H,27,31)(H,28,29,30). The molecule has 1 aromatic heterocycles. The van der Waals surface area contributed by atoms with Crippen LogP contribution in [0.3, 0.4) is 0 Å². The zero-order valence-corrected chi connectivity index (χ0v) is 21.0. The number of rotatable bonds is 8. The second-order valence-electron chi connectivity index (χ2n) is 8.36. The van der Waals surface area contributed by atoms with Gasteiger partial charge in [-0.3, -0.25) is 9.59 Å². The van der Waals surface area contributed by atoms with Gasteiger partial charge < -0.3 is 15.4 Å². The number of carbonyl (C=O) groups is 2. The quantitative estimate of drug-likeness (QED) is 0.351. The minimum atomic E-state index is -0.295. The van der Waals surface area contributed by atoms with E-state index in [1.165, 1.54) is 29.5 Å². The van der Waals surface area contributed by atoms with E-state index in [0.29, 0.717) is 5.13 Å². The van der Waals surface area contributed by atoms with Crippen LogP contribution < -0.4 is 15.4 Å². The van der Waals surface area contributed by atoms with Crippen LogP contribution in [0.25, 0.3) is 11.3 Å². The summed E-state index contributed by atoms with van der Waals surface area (Å²) in [6, 6.07) is 15.3. The summed E-state index contributed by atoms with van der Waals surface area (Å²) in [5.74, 6) is 0.932. The van der Waals surface area contributed by atoms with Crippen LogP contribution >= 0.6 is 23.1 Å². The molecule has 34 heavy (non-hydrogen) atoms. The molecule has 8 heteroatoms. The van der Waals surface area contributed by atoms with E-state index in [2.05, 4.69) is 15.6 Å². The van der Waals surface area contributed by atoms with Crippen LogP contribution in [0.5, 0.6) is 5.75 Å². The maximum Gasteiger partial charge on any atom is 0.239 e. The summed E-state index contributed by atoms with van der Waals surface area (Å²) in [4.78, 5) is 30.6. The molecule has 3 aromatic rings. The number of methoxy groups -OCH3 is 1. The van der Waals surface area contributed by atoms with Crippen molar-refractivity contribution >= 4 is 45.7 Å². The van der Waals surface area contributed by atoms with E-state index in [-0.39, 0.29) is 23.0 Å². The molecule has 6 nitrogen and oxygen atoms in total. The first kappa shape index (κ1) is 24.3. The van der Waals surface area contributed by atoms with Gasteiger partial charge in [0.2, 0.25) is 11.8 Å². The number of nitrogens with one attached hydrogen (secondary N) is 2. The van der Waals surface area contributed by atoms with Crippen LogP contribution in [-0.4, -0.2) is 29.2 Å². The van der Waals surface area contributed by atoms with Crippen LogP contribution in [0.15, 0.2) is 58.8 Å². The van der Waals surface area contributed by atoms with Crippen molar-refractivity contribution in [2.45, 2.75) is 49.2 Å². The molecular formula is C26H29N3O3S2. The zero-order chi connectivity index (χ0) is 23.9. The molecule has 2 amide bonds. The third-order valence-electron chi connectivity index (χ3n) is 5.90. The lowest BCUT2D eigenvalue weighted by atomic mass is 9.88. The van der Waals surface area contributed by atoms with Crippen LogP contribution in [-0.2, 0) is 9.59 Å². The van der Waals surface area contributed by atoms with Gasteiger partial charge >= 0.3 is 0 Å². The number of thiazole rings is 1. The molecule has 0 aliphatic heterocycles. The molecule has 2 aromatic carbocycles. The van der Waals surface area contributed by atoms with Crippen LogP contribution in [0.4, 0.5) is 10.8 Å². The van der Waals surface area contributed by atoms with Crippen LogP contribution in [0.2, 0.25) is 0 Å².